The summed E-state index contributed by atoms with van der Waals surface area (Å²) in [7, 11) is -1.63. The SMILES string of the molecule is CC(O[Si](C)(C)C(C)(C)C)c1c[c-]sc1.[Li+]. The van der Waals surface area contributed by atoms with E-state index >= 15 is 0 Å². The molecule has 0 aliphatic rings. The summed E-state index contributed by atoms with van der Waals surface area (Å²) in [6, 6.07) is 2.03. The van der Waals surface area contributed by atoms with Crippen LogP contribution in [0.3, 0.4) is 0 Å². The topological polar surface area (TPSA) is 9.23 Å². The Kier molecular flexibility index (Phi) is 6.06. The third-order valence-corrected chi connectivity index (χ3v) is 8.43. The van der Waals surface area contributed by atoms with Gasteiger partial charge >= 0.3 is 18.9 Å². The van der Waals surface area contributed by atoms with Crippen molar-refractivity contribution in [1.82, 2.24) is 0 Å². The maximum absolute atomic E-state index is 6.27. The molecule has 0 amide bonds. The fraction of sp³-hybridized carbons (Fsp3) is 0.667. The van der Waals surface area contributed by atoms with Crippen LogP contribution in [0, 0.1) is 5.38 Å². The van der Waals surface area contributed by atoms with Gasteiger partial charge in [-0.3, -0.25) is 0 Å². The summed E-state index contributed by atoms with van der Waals surface area (Å²) in [5.74, 6) is 0. The first-order valence-corrected chi connectivity index (χ1v) is 9.15. The Morgan fingerprint density at radius 1 is 1.38 bits per heavy atom. The number of hydrogen-bond acceptors (Lipinski definition) is 2. The number of rotatable bonds is 3. The fourth-order valence-electron chi connectivity index (χ4n) is 1.14. The van der Waals surface area contributed by atoms with Crippen molar-refractivity contribution < 1.29 is 23.3 Å². The fourth-order valence-corrected chi connectivity index (χ4v) is 3.18. The molecule has 0 saturated heterocycles. The molecule has 1 unspecified atom stereocenters. The summed E-state index contributed by atoms with van der Waals surface area (Å²) >= 11 is 1.61. The summed E-state index contributed by atoms with van der Waals surface area (Å²) in [6.07, 6.45) is 0.202. The third-order valence-electron chi connectivity index (χ3n) is 3.24. The summed E-state index contributed by atoms with van der Waals surface area (Å²) in [5.41, 5.74) is 1.25. The molecule has 0 aromatic carbocycles. The van der Waals surface area contributed by atoms with Crippen LogP contribution < -0.4 is 18.9 Å². The molecule has 0 aliphatic heterocycles. The maximum Gasteiger partial charge on any atom is 1.00 e. The van der Waals surface area contributed by atoms with Gasteiger partial charge in [-0.15, -0.1) is 5.38 Å². The zero-order chi connectivity index (χ0) is 11.7. The molecular formula is C12H21LiOSSi. The molecule has 0 fully saturated rings. The Hall–Kier alpha value is 0.474. The molecule has 86 valence electrons. The predicted molar refractivity (Wildman–Crippen MR) is 69.9 cm³/mol. The summed E-state index contributed by atoms with van der Waals surface area (Å²) in [5, 5.41) is 5.51. The maximum atomic E-state index is 6.27. The Bertz CT molecular complexity index is 303. The second-order valence-corrected chi connectivity index (χ2v) is 11.0. The van der Waals surface area contributed by atoms with E-state index in [1.807, 2.05) is 6.07 Å². The zero-order valence-corrected chi connectivity index (χ0v) is 13.4. The first-order chi connectivity index (χ1) is 6.74. The quantitative estimate of drug-likeness (QED) is 0.584. The average molecular weight is 248 g/mol. The predicted octanol–water partition coefficient (Wildman–Crippen LogP) is 1.64. The first kappa shape index (κ1) is 16.5. The molecule has 1 atom stereocenters. The number of thiophene rings is 1. The van der Waals surface area contributed by atoms with Crippen LogP contribution in [0.25, 0.3) is 0 Å². The van der Waals surface area contributed by atoms with Gasteiger partial charge in [0.25, 0.3) is 0 Å². The van der Waals surface area contributed by atoms with E-state index in [-0.39, 0.29) is 30.0 Å². The van der Waals surface area contributed by atoms with Crippen LogP contribution in [0.15, 0.2) is 11.4 Å². The molecule has 0 aliphatic carbocycles. The van der Waals surface area contributed by atoms with Crippen LogP contribution >= 0.6 is 11.3 Å². The molecule has 1 aromatic rings. The van der Waals surface area contributed by atoms with Crippen molar-refractivity contribution in [3.8, 4) is 0 Å². The van der Waals surface area contributed by atoms with Crippen LogP contribution in [0.5, 0.6) is 0 Å². The molecule has 16 heavy (non-hydrogen) atoms. The van der Waals surface area contributed by atoms with Crippen molar-refractivity contribution in [1.29, 1.82) is 0 Å². The van der Waals surface area contributed by atoms with E-state index in [1.54, 1.807) is 11.3 Å². The van der Waals surface area contributed by atoms with Crippen LogP contribution in [0.1, 0.15) is 39.4 Å². The minimum atomic E-state index is -1.63. The van der Waals surface area contributed by atoms with Crippen LogP contribution in [-0.2, 0) is 4.43 Å². The van der Waals surface area contributed by atoms with Crippen molar-refractivity contribution in [3.63, 3.8) is 0 Å². The van der Waals surface area contributed by atoms with Crippen LogP contribution in [-0.4, -0.2) is 8.32 Å². The van der Waals surface area contributed by atoms with Gasteiger partial charge < -0.3 is 15.8 Å². The molecule has 0 saturated carbocycles. The zero-order valence-electron chi connectivity index (χ0n) is 11.5. The Balaban J connectivity index is 0.00000225. The van der Waals surface area contributed by atoms with Gasteiger partial charge in [0.15, 0.2) is 8.32 Å². The van der Waals surface area contributed by atoms with E-state index in [0.29, 0.717) is 0 Å². The standard InChI is InChI=1S/C12H21OSSi.Li/c1-10(11-7-8-14-9-11)13-15(5,6)12(2,3)4;/h7,9-10H,1-6H3;/q-1;+1. The average Bonchev–Trinajstić information content (AvgIpc) is 2.51. The van der Waals surface area contributed by atoms with Crippen molar-refractivity contribution in [2.75, 3.05) is 0 Å². The summed E-state index contributed by atoms with van der Waals surface area (Å²) in [4.78, 5) is 0. The largest absolute Gasteiger partial charge is 1.00 e. The molecule has 1 heterocycles. The molecule has 0 N–H and O–H groups in total. The minimum absolute atomic E-state index is 0. The van der Waals surface area contributed by atoms with Gasteiger partial charge in [0.1, 0.15) is 0 Å². The van der Waals surface area contributed by atoms with E-state index in [9.17, 15) is 0 Å². The van der Waals surface area contributed by atoms with E-state index in [0.717, 1.165) is 0 Å². The van der Waals surface area contributed by atoms with Crippen molar-refractivity contribution in [3.05, 3.63) is 22.4 Å². The Morgan fingerprint density at radius 3 is 2.31 bits per heavy atom. The first-order valence-electron chi connectivity index (χ1n) is 5.36. The van der Waals surface area contributed by atoms with Gasteiger partial charge in [-0.25, -0.2) is 0 Å². The molecule has 1 aromatic heterocycles. The van der Waals surface area contributed by atoms with E-state index in [1.165, 1.54) is 5.56 Å². The summed E-state index contributed by atoms with van der Waals surface area (Å²) in [6.45, 7) is 13.5. The van der Waals surface area contributed by atoms with E-state index < -0.39 is 8.32 Å². The van der Waals surface area contributed by atoms with E-state index in [4.69, 9.17) is 4.43 Å². The molecular weight excluding hydrogens is 227 g/mol. The van der Waals surface area contributed by atoms with E-state index in [2.05, 4.69) is 51.5 Å². The number of hydrogen-bond donors (Lipinski definition) is 0. The van der Waals surface area contributed by atoms with Gasteiger partial charge in [-0.05, 0) is 25.1 Å². The van der Waals surface area contributed by atoms with Crippen molar-refractivity contribution in [2.24, 2.45) is 0 Å². The monoisotopic (exact) mass is 248 g/mol. The van der Waals surface area contributed by atoms with Gasteiger partial charge in [-0.1, -0.05) is 20.8 Å². The van der Waals surface area contributed by atoms with Crippen molar-refractivity contribution in [2.45, 2.75) is 51.9 Å². The van der Waals surface area contributed by atoms with Crippen LogP contribution in [0.2, 0.25) is 18.1 Å². The molecule has 0 radical (unpaired) electrons. The molecule has 4 heteroatoms. The smallest absolute Gasteiger partial charge is 0.422 e. The van der Waals surface area contributed by atoms with Gasteiger partial charge in [0.05, 0.1) is 0 Å². The van der Waals surface area contributed by atoms with Gasteiger partial charge in [-0.2, -0.15) is 17.0 Å². The normalized spacial score (nSPS) is 14.4. The second kappa shape index (κ2) is 5.88. The Labute approximate surface area is 117 Å². The van der Waals surface area contributed by atoms with Crippen molar-refractivity contribution >= 4 is 19.7 Å². The minimum Gasteiger partial charge on any atom is -0.422 e. The molecule has 0 bridgehead atoms. The van der Waals surface area contributed by atoms with Gasteiger partial charge in [0, 0.05) is 6.10 Å². The second-order valence-electron chi connectivity index (χ2n) is 5.52. The summed E-state index contributed by atoms with van der Waals surface area (Å²) < 4.78 is 6.27. The van der Waals surface area contributed by atoms with Crippen LogP contribution in [0.4, 0.5) is 0 Å². The molecule has 0 spiro atoms. The Morgan fingerprint density at radius 2 is 1.94 bits per heavy atom. The van der Waals surface area contributed by atoms with Gasteiger partial charge in [0.2, 0.25) is 0 Å². The molecule has 1 rings (SSSR count). The third kappa shape index (κ3) is 4.05. The molecule has 1 nitrogen and oxygen atoms in total.